The van der Waals surface area contributed by atoms with Gasteiger partial charge in [-0.15, -0.1) is 10.2 Å². The number of ether oxygens (including phenoxy) is 1. The van der Waals surface area contributed by atoms with Crippen molar-refractivity contribution in [3.05, 3.63) is 17.3 Å². The van der Waals surface area contributed by atoms with E-state index in [-0.39, 0.29) is 59.9 Å². The number of rotatable bonds is 6. The van der Waals surface area contributed by atoms with E-state index < -0.39 is 35.5 Å². The quantitative estimate of drug-likeness (QED) is 0.260. The molecule has 0 radical (unpaired) electrons. The van der Waals surface area contributed by atoms with Gasteiger partial charge in [0, 0.05) is 6.42 Å². The predicted molar refractivity (Wildman–Crippen MR) is 85.6 cm³/mol. The van der Waals surface area contributed by atoms with Crippen LogP contribution in [0.2, 0.25) is 5.15 Å². The molecule has 0 aliphatic carbocycles. The molecule has 0 spiro atoms. The van der Waals surface area contributed by atoms with Crippen molar-refractivity contribution in [2.45, 2.75) is 29.6 Å². The molecule has 11 nitrogen and oxygen atoms in total. The van der Waals surface area contributed by atoms with E-state index in [0.717, 1.165) is 11.8 Å². The van der Waals surface area contributed by atoms with E-state index in [1.54, 1.807) is 6.07 Å². The Hall–Kier alpha value is -1.44. The number of halogens is 1. The molecule has 28 heavy (non-hydrogen) atoms. The van der Waals surface area contributed by atoms with Gasteiger partial charge in [0.05, 0.1) is 12.2 Å². The average molecular weight is 439 g/mol. The Morgan fingerprint density at radius 3 is 2.71 bits per heavy atom. The largest absolute Gasteiger partial charge is 1.00 e. The van der Waals surface area contributed by atoms with Crippen molar-refractivity contribution in [2.75, 3.05) is 12.4 Å². The van der Waals surface area contributed by atoms with Gasteiger partial charge in [-0.3, -0.25) is 19.2 Å². The summed E-state index contributed by atoms with van der Waals surface area (Å²) in [5, 5.41) is 22.4. The molecule has 3 rings (SSSR count). The van der Waals surface area contributed by atoms with E-state index in [9.17, 15) is 24.3 Å². The first-order valence-corrected chi connectivity index (χ1v) is 9.00. The van der Waals surface area contributed by atoms with Gasteiger partial charge in [-0.1, -0.05) is 23.4 Å². The molecule has 0 saturated carbocycles. The molecule has 14 heteroatoms. The molecule has 0 aromatic carbocycles. The van der Waals surface area contributed by atoms with Crippen LogP contribution in [0, 0.1) is 0 Å². The monoisotopic (exact) mass is 438 g/mol. The number of carbonyl (C=O) groups excluding carboxylic acids is 4. The van der Waals surface area contributed by atoms with Gasteiger partial charge < -0.3 is 20.0 Å². The van der Waals surface area contributed by atoms with E-state index in [0.29, 0.717) is 10.1 Å². The second kappa shape index (κ2) is 9.37. The molecule has 2 aliphatic heterocycles. The van der Waals surface area contributed by atoms with Crippen LogP contribution in [0.25, 0.3) is 0 Å². The van der Waals surface area contributed by atoms with E-state index in [1.807, 2.05) is 0 Å². The molecule has 0 bridgehead atoms. The van der Waals surface area contributed by atoms with Gasteiger partial charge >= 0.3 is 35.5 Å². The number of carbonyl (C=O) groups is 4. The number of aliphatic carboxylic acids is 1. The molecular weight excluding hydrogens is 427 g/mol. The van der Waals surface area contributed by atoms with Crippen LogP contribution in [0.15, 0.2) is 17.2 Å². The number of hydrogen-bond acceptors (Lipinski definition) is 10. The molecule has 144 valence electrons. The number of amides is 2. The standard InChI is InChI=1S/C14H13ClN4O7S.Na/c15-8-1-2-10(18-17-8)27-6-9(20)16-7-5-25-19(12(7)22)14(13(23)24)4-3-11(21)26-14;/h1-2,7H,3-6H2,(H,16,20)(H,23,24);/q;+1/p-1/t7-,14?;/m0./s1. The number of carboxylic acids is 1. The van der Waals surface area contributed by atoms with Crippen molar-refractivity contribution in [1.82, 2.24) is 20.6 Å². The minimum Gasteiger partial charge on any atom is -0.544 e. The zero-order valence-electron chi connectivity index (χ0n) is 14.5. The van der Waals surface area contributed by atoms with Crippen molar-refractivity contribution >= 4 is 47.1 Å². The van der Waals surface area contributed by atoms with Crippen LogP contribution in [-0.2, 0) is 28.8 Å². The predicted octanol–water partition coefficient (Wildman–Crippen LogP) is -4.73. The maximum Gasteiger partial charge on any atom is 1.00 e. The van der Waals surface area contributed by atoms with Crippen molar-refractivity contribution < 1.29 is 63.4 Å². The summed E-state index contributed by atoms with van der Waals surface area (Å²) in [6.45, 7) is -0.303. The van der Waals surface area contributed by atoms with E-state index in [2.05, 4.69) is 15.5 Å². The molecule has 2 amide bonds. The number of nitrogens with one attached hydrogen (secondary N) is 1. The zero-order valence-corrected chi connectivity index (χ0v) is 18.1. The smallest absolute Gasteiger partial charge is 0.544 e. The summed E-state index contributed by atoms with van der Waals surface area (Å²) in [7, 11) is 0. The summed E-state index contributed by atoms with van der Waals surface area (Å²) in [6, 6.07) is 1.98. The molecule has 3 heterocycles. The third-order valence-electron chi connectivity index (χ3n) is 3.76. The first-order chi connectivity index (χ1) is 12.8. The van der Waals surface area contributed by atoms with Crippen LogP contribution in [0.4, 0.5) is 0 Å². The summed E-state index contributed by atoms with van der Waals surface area (Å²) in [6.07, 6.45) is -0.497. The van der Waals surface area contributed by atoms with Crippen molar-refractivity contribution in [2.24, 2.45) is 0 Å². The topological polar surface area (TPSA) is 151 Å². The number of hydrogen-bond donors (Lipinski definition) is 1. The maximum atomic E-state index is 12.4. The van der Waals surface area contributed by atoms with Crippen LogP contribution < -0.4 is 40.0 Å². The first kappa shape index (κ1) is 22.8. The molecule has 1 aromatic heterocycles. The molecule has 1 N–H and O–H groups in total. The van der Waals surface area contributed by atoms with Gasteiger partial charge in [0.15, 0.2) is 5.15 Å². The summed E-state index contributed by atoms with van der Waals surface area (Å²) in [4.78, 5) is 52.3. The Labute approximate surface area is 189 Å². The molecular formula is C14H12ClN4NaO7S. The van der Waals surface area contributed by atoms with Crippen LogP contribution in [0.5, 0.6) is 0 Å². The number of hydroxylamine groups is 2. The SMILES string of the molecule is O=C(CSc1ccc(Cl)nn1)N[C@H]1CON(C2(C(=O)[O-])CCC(=O)O2)C1=O.[Na+]. The molecule has 1 aromatic rings. The minimum atomic E-state index is -2.32. The Kier molecular flexibility index (Phi) is 7.65. The van der Waals surface area contributed by atoms with Gasteiger partial charge in [0.2, 0.25) is 5.91 Å². The van der Waals surface area contributed by atoms with E-state index in [4.69, 9.17) is 21.2 Å². The van der Waals surface area contributed by atoms with Gasteiger partial charge in [-0.25, -0.2) is 0 Å². The second-order valence-electron chi connectivity index (χ2n) is 5.58. The minimum absolute atomic E-state index is 0. The molecule has 2 saturated heterocycles. The fourth-order valence-electron chi connectivity index (χ4n) is 2.50. The number of thioether (sulfide) groups is 1. The molecule has 2 atom stereocenters. The van der Waals surface area contributed by atoms with Gasteiger partial charge in [0.25, 0.3) is 11.6 Å². The number of nitrogens with zero attached hydrogens (tertiary/aromatic N) is 3. The third-order valence-corrected chi connectivity index (χ3v) is 4.88. The number of cyclic esters (lactones) is 1. The average Bonchev–Trinajstić information content (AvgIpc) is 3.19. The zero-order chi connectivity index (χ0) is 19.6. The van der Waals surface area contributed by atoms with Crippen LogP contribution in [-0.4, -0.2) is 63.1 Å². The van der Waals surface area contributed by atoms with Crippen LogP contribution >= 0.6 is 23.4 Å². The van der Waals surface area contributed by atoms with Crippen molar-refractivity contribution in [1.29, 1.82) is 0 Å². The Balaban J connectivity index is 0.00000280. The molecule has 1 unspecified atom stereocenters. The van der Waals surface area contributed by atoms with E-state index in [1.165, 1.54) is 6.07 Å². The van der Waals surface area contributed by atoms with Crippen LogP contribution in [0.1, 0.15) is 12.8 Å². The summed E-state index contributed by atoms with van der Waals surface area (Å²) < 4.78 is 4.77. The Bertz CT molecular complexity index is 798. The molecule has 2 fully saturated rings. The van der Waals surface area contributed by atoms with Gasteiger partial charge in [-0.05, 0) is 12.1 Å². The number of aromatic nitrogens is 2. The van der Waals surface area contributed by atoms with Gasteiger partial charge in [0.1, 0.15) is 23.6 Å². The van der Waals surface area contributed by atoms with Crippen LogP contribution in [0.3, 0.4) is 0 Å². The van der Waals surface area contributed by atoms with Crippen molar-refractivity contribution in [3.63, 3.8) is 0 Å². The maximum absolute atomic E-state index is 12.4. The summed E-state index contributed by atoms with van der Waals surface area (Å²) in [5.74, 6) is -3.99. The first-order valence-electron chi connectivity index (χ1n) is 7.63. The van der Waals surface area contributed by atoms with Gasteiger partial charge in [-0.2, -0.15) is 5.06 Å². The molecule has 2 aliphatic rings. The van der Waals surface area contributed by atoms with Crippen molar-refractivity contribution in [3.8, 4) is 0 Å². The second-order valence-corrected chi connectivity index (χ2v) is 6.96. The van der Waals surface area contributed by atoms with E-state index >= 15 is 0 Å². The fourth-order valence-corrected chi connectivity index (χ4v) is 3.22. The fraction of sp³-hybridized carbons (Fsp3) is 0.429. The summed E-state index contributed by atoms with van der Waals surface area (Å²) >= 11 is 6.69. The Morgan fingerprint density at radius 2 is 2.14 bits per heavy atom. The third kappa shape index (κ3) is 4.75. The number of carboxylic acid groups (broad SMARTS) is 1. The normalized spacial score (nSPS) is 23.9. The summed E-state index contributed by atoms with van der Waals surface area (Å²) in [5.41, 5.74) is -2.32. The number of esters is 1. The Morgan fingerprint density at radius 1 is 1.39 bits per heavy atom.